The summed E-state index contributed by atoms with van der Waals surface area (Å²) >= 11 is 0. The molecular weight excluding hydrogens is 201 g/mol. The average molecular weight is 211 g/mol. The first-order valence-electron chi connectivity index (χ1n) is 4.12. The van der Waals surface area contributed by atoms with Gasteiger partial charge in [0, 0.05) is 0 Å². The van der Waals surface area contributed by atoms with Gasteiger partial charge in [0.25, 0.3) is 0 Å². The van der Waals surface area contributed by atoms with Gasteiger partial charge < -0.3 is 15.8 Å². The molecular formula is C9H10FN3O2. The van der Waals surface area contributed by atoms with Crippen LogP contribution in [-0.4, -0.2) is 18.5 Å². The number of halogens is 1. The Labute approximate surface area is 85.5 Å². The molecule has 15 heavy (non-hydrogen) atoms. The Morgan fingerprint density at radius 1 is 1.47 bits per heavy atom. The van der Waals surface area contributed by atoms with Gasteiger partial charge in [0.05, 0.1) is 0 Å². The second-order valence-corrected chi connectivity index (χ2v) is 2.70. The maximum Gasteiger partial charge on any atom is 0.330 e. The Balaban J connectivity index is 2.44. The lowest BCUT2D eigenvalue weighted by molar-refractivity contribution is -0.133. The summed E-state index contributed by atoms with van der Waals surface area (Å²) in [5.74, 6) is -1.08. The van der Waals surface area contributed by atoms with Gasteiger partial charge in [-0.25, -0.2) is 9.18 Å². The normalized spacial score (nSPS) is 9.40. The van der Waals surface area contributed by atoms with Crippen LogP contribution < -0.4 is 15.8 Å². The van der Waals surface area contributed by atoms with Crippen molar-refractivity contribution in [3.63, 3.8) is 0 Å². The summed E-state index contributed by atoms with van der Waals surface area (Å²) in [6.45, 7) is -0.202. The fourth-order valence-corrected chi connectivity index (χ4v) is 0.838. The predicted molar refractivity (Wildman–Crippen MR) is 52.0 cm³/mol. The van der Waals surface area contributed by atoms with Crippen molar-refractivity contribution < 1.29 is 13.9 Å². The third kappa shape index (κ3) is 4.08. The minimum absolute atomic E-state index is 0.202. The molecule has 0 atom stereocenters. The monoisotopic (exact) mass is 211 g/mol. The quantitative estimate of drug-likeness (QED) is 0.289. The van der Waals surface area contributed by atoms with Gasteiger partial charge in [0.2, 0.25) is 0 Å². The molecule has 6 heteroatoms. The smallest absolute Gasteiger partial charge is 0.330 e. The third-order valence-electron chi connectivity index (χ3n) is 1.47. The van der Waals surface area contributed by atoms with E-state index in [1.54, 1.807) is 0 Å². The molecule has 0 spiro atoms. The zero-order valence-corrected chi connectivity index (χ0v) is 7.79. The van der Waals surface area contributed by atoms with Gasteiger partial charge in [0.1, 0.15) is 18.1 Å². The topological polar surface area (TPSA) is 88.2 Å². The predicted octanol–water partition coefficient (Wildman–Crippen LogP) is 0.214. The van der Waals surface area contributed by atoms with E-state index in [0.29, 0.717) is 0 Å². The van der Waals surface area contributed by atoms with Crippen molar-refractivity contribution in [2.75, 3.05) is 6.54 Å². The fourth-order valence-electron chi connectivity index (χ4n) is 0.838. The molecule has 0 bridgehead atoms. The van der Waals surface area contributed by atoms with E-state index < -0.39 is 11.8 Å². The van der Waals surface area contributed by atoms with Crippen LogP contribution >= 0.6 is 0 Å². The average Bonchev–Trinajstić information content (AvgIpc) is 2.19. The summed E-state index contributed by atoms with van der Waals surface area (Å²) in [5.41, 5.74) is 4.97. The summed E-state index contributed by atoms with van der Waals surface area (Å²) in [5, 5.41) is 9.09. The van der Waals surface area contributed by atoms with Crippen LogP contribution in [0.4, 0.5) is 4.39 Å². The summed E-state index contributed by atoms with van der Waals surface area (Å²) in [6.07, 6.45) is 0. The maximum atomic E-state index is 12.5. The van der Waals surface area contributed by atoms with Crippen molar-refractivity contribution in [2.24, 2.45) is 5.73 Å². The second-order valence-electron chi connectivity index (χ2n) is 2.70. The van der Waals surface area contributed by atoms with E-state index in [1.165, 1.54) is 24.3 Å². The summed E-state index contributed by atoms with van der Waals surface area (Å²) in [4.78, 5) is 11.1. The first-order valence-corrected chi connectivity index (χ1v) is 4.12. The van der Waals surface area contributed by atoms with Gasteiger partial charge in [0.15, 0.2) is 5.96 Å². The van der Waals surface area contributed by atoms with E-state index in [1.807, 2.05) is 0 Å². The molecule has 5 nitrogen and oxygen atoms in total. The van der Waals surface area contributed by atoms with Crippen LogP contribution in [0.2, 0.25) is 0 Å². The molecule has 0 aromatic heterocycles. The molecule has 1 aromatic carbocycles. The Bertz CT molecular complexity index is 364. The zero-order valence-electron chi connectivity index (χ0n) is 7.79. The number of guanidine groups is 1. The minimum Gasteiger partial charge on any atom is -0.425 e. The number of carbonyl (C=O) groups is 1. The molecule has 4 N–H and O–H groups in total. The first-order chi connectivity index (χ1) is 7.08. The van der Waals surface area contributed by atoms with Crippen LogP contribution in [0, 0.1) is 11.2 Å². The minimum atomic E-state index is -0.600. The van der Waals surface area contributed by atoms with Gasteiger partial charge in [-0.3, -0.25) is 5.41 Å². The van der Waals surface area contributed by atoms with Crippen molar-refractivity contribution in [1.82, 2.24) is 5.32 Å². The van der Waals surface area contributed by atoms with E-state index in [9.17, 15) is 9.18 Å². The summed E-state index contributed by atoms with van der Waals surface area (Å²) in [7, 11) is 0. The highest BCUT2D eigenvalue weighted by Gasteiger charge is 2.04. The molecule has 0 amide bonds. The van der Waals surface area contributed by atoms with Crippen molar-refractivity contribution in [3.05, 3.63) is 30.1 Å². The molecule has 0 saturated heterocycles. The van der Waals surface area contributed by atoms with Gasteiger partial charge in [-0.1, -0.05) is 0 Å². The maximum absolute atomic E-state index is 12.5. The van der Waals surface area contributed by atoms with Crippen LogP contribution in [0.3, 0.4) is 0 Å². The summed E-state index contributed by atoms with van der Waals surface area (Å²) in [6, 6.07) is 5.03. The number of carbonyl (C=O) groups excluding carboxylic acids is 1. The lowest BCUT2D eigenvalue weighted by atomic mass is 10.3. The number of rotatable bonds is 3. The molecule has 0 fully saturated rings. The van der Waals surface area contributed by atoms with Crippen molar-refractivity contribution in [1.29, 1.82) is 5.41 Å². The molecule has 0 aliphatic carbocycles. The lowest BCUT2D eigenvalue weighted by Crippen LogP contribution is -2.36. The number of nitrogens with one attached hydrogen (secondary N) is 2. The van der Waals surface area contributed by atoms with Crippen LogP contribution in [0.1, 0.15) is 0 Å². The van der Waals surface area contributed by atoms with Crippen LogP contribution in [0.5, 0.6) is 5.75 Å². The summed E-state index contributed by atoms with van der Waals surface area (Å²) < 4.78 is 17.3. The molecule has 0 aliphatic rings. The molecule has 1 rings (SSSR count). The molecule has 0 aliphatic heterocycles. The standard InChI is InChI=1S/C9H10FN3O2/c10-6-1-3-7(4-2-6)15-8(14)5-13-9(11)12/h1-4H,5H2,(H4,11,12,13). The van der Waals surface area contributed by atoms with Gasteiger partial charge >= 0.3 is 5.97 Å². The van der Waals surface area contributed by atoms with Crippen molar-refractivity contribution >= 4 is 11.9 Å². The van der Waals surface area contributed by atoms with Gasteiger partial charge in [-0.15, -0.1) is 0 Å². The highest BCUT2D eigenvalue weighted by Crippen LogP contribution is 2.10. The lowest BCUT2D eigenvalue weighted by Gasteiger charge is -2.04. The van der Waals surface area contributed by atoms with E-state index >= 15 is 0 Å². The molecule has 1 aromatic rings. The Morgan fingerprint density at radius 2 is 2.07 bits per heavy atom. The largest absolute Gasteiger partial charge is 0.425 e. The Kier molecular flexibility index (Phi) is 3.61. The highest BCUT2D eigenvalue weighted by molar-refractivity contribution is 5.82. The van der Waals surface area contributed by atoms with Gasteiger partial charge in [-0.2, -0.15) is 0 Å². The second kappa shape index (κ2) is 4.94. The Hall–Kier alpha value is -2.11. The van der Waals surface area contributed by atoms with Crippen LogP contribution in [0.15, 0.2) is 24.3 Å². The zero-order chi connectivity index (χ0) is 11.3. The van der Waals surface area contributed by atoms with E-state index in [4.69, 9.17) is 15.9 Å². The number of hydrogen-bond donors (Lipinski definition) is 3. The van der Waals surface area contributed by atoms with E-state index in [-0.39, 0.29) is 18.3 Å². The molecule has 0 unspecified atom stereocenters. The molecule has 0 radical (unpaired) electrons. The number of nitrogens with two attached hydrogens (primary N) is 1. The van der Waals surface area contributed by atoms with Crippen molar-refractivity contribution in [2.45, 2.75) is 0 Å². The number of benzene rings is 1. The van der Waals surface area contributed by atoms with E-state index in [2.05, 4.69) is 5.32 Å². The molecule has 80 valence electrons. The number of hydrogen-bond acceptors (Lipinski definition) is 3. The first kappa shape index (κ1) is 11.0. The van der Waals surface area contributed by atoms with Crippen LogP contribution in [-0.2, 0) is 4.79 Å². The number of esters is 1. The highest BCUT2D eigenvalue weighted by atomic mass is 19.1. The SMILES string of the molecule is N=C(N)NCC(=O)Oc1ccc(F)cc1. The molecule has 0 heterocycles. The fraction of sp³-hybridized carbons (Fsp3) is 0.111. The third-order valence-corrected chi connectivity index (χ3v) is 1.47. The Morgan fingerprint density at radius 3 is 2.60 bits per heavy atom. The van der Waals surface area contributed by atoms with E-state index in [0.717, 1.165) is 0 Å². The van der Waals surface area contributed by atoms with Crippen LogP contribution in [0.25, 0.3) is 0 Å². The molecule has 0 saturated carbocycles. The number of ether oxygens (including phenoxy) is 1. The van der Waals surface area contributed by atoms with Crippen molar-refractivity contribution in [3.8, 4) is 5.75 Å². The van der Waals surface area contributed by atoms with Gasteiger partial charge in [-0.05, 0) is 24.3 Å².